The monoisotopic (exact) mass is 390 g/mol. The molecule has 2 N–H and O–H groups in total. The number of aromatic nitrogens is 2. The van der Waals surface area contributed by atoms with E-state index in [9.17, 15) is 4.39 Å². The van der Waals surface area contributed by atoms with Crippen LogP contribution in [0.25, 0.3) is 0 Å². The summed E-state index contributed by atoms with van der Waals surface area (Å²) in [6.07, 6.45) is 3.44. The van der Waals surface area contributed by atoms with Gasteiger partial charge in [-0.1, -0.05) is 23.7 Å². The van der Waals surface area contributed by atoms with Gasteiger partial charge >= 0.3 is 0 Å². The van der Waals surface area contributed by atoms with Crippen LogP contribution in [0.1, 0.15) is 5.56 Å². The number of methoxy groups -OCH3 is 1. The summed E-state index contributed by atoms with van der Waals surface area (Å²) in [5.41, 5.74) is 2.32. The number of hydrogen-bond acceptors (Lipinski definition) is 3. The molecule has 26 heavy (non-hydrogen) atoms. The lowest BCUT2D eigenvalue weighted by Crippen LogP contribution is -2.18. The van der Waals surface area contributed by atoms with E-state index in [0.717, 1.165) is 22.7 Å². The summed E-state index contributed by atoms with van der Waals surface area (Å²) in [5.74, 6) is 0.373. The normalized spacial score (nSPS) is 10.4. The minimum atomic E-state index is -0.365. The van der Waals surface area contributed by atoms with Crippen LogP contribution in [0.4, 0.5) is 15.8 Å². The molecule has 3 aromatic rings. The Morgan fingerprint density at radius 2 is 2.04 bits per heavy atom. The predicted molar refractivity (Wildman–Crippen MR) is 106 cm³/mol. The van der Waals surface area contributed by atoms with Crippen LogP contribution in [-0.2, 0) is 6.54 Å². The minimum Gasteiger partial charge on any atom is -0.497 e. The van der Waals surface area contributed by atoms with E-state index in [1.165, 1.54) is 12.1 Å². The molecule has 0 atom stereocenters. The molecule has 1 heterocycles. The van der Waals surface area contributed by atoms with E-state index in [2.05, 4.69) is 15.7 Å². The van der Waals surface area contributed by atoms with E-state index in [1.54, 1.807) is 30.3 Å². The molecule has 5 nitrogen and oxygen atoms in total. The lowest BCUT2D eigenvalue weighted by atomic mass is 10.2. The summed E-state index contributed by atoms with van der Waals surface area (Å²) < 4.78 is 20.0. The van der Waals surface area contributed by atoms with Gasteiger partial charge in [-0.05, 0) is 42.0 Å². The van der Waals surface area contributed by atoms with Crippen LogP contribution in [0.15, 0.2) is 54.9 Å². The van der Waals surface area contributed by atoms with Crippen LogP contribution in [0, 0.1) is 5.82 Å². The van der Waals surface area contributed by atoms with Crippen molar-refractivity contribution in [1.29, 1.82) is 0 Å². The molecule has 0 saturated heterocycles. The Balaban J connectivity index is 1.61. The van der Waals surface area contributed by atoms with Gasteiger partial charge in [0, 0.05) is 23.0 Å². The fourth-order valence-corrected chi connectivity index (χ4v) is 2.80. The molecule has 0 saturated carbocycles. The van der Waals surface area contributed by atoms with Gasteiger partial charge in [-0.25, -0.2) is 4.39 Å². The highest BCUT2D eigenvalue weighted by Gasteiger charge is 2.06. The Hall–Kier alpha value is -2.64. The van der Waals surface area contributed by atoms with Crippen LogP contribution in [0.2, 0.25) is 5.02 Å². The molecule has 1 aromatic heterocycles. The molecule has 0 aliphatic rings. The molecule has 0 unspecified atom stereocenters. The summed E-state index contributed by atoms with van der Waals surface area (Å²) in [7, 11) is 1.61. The van der Waals surface area contributed by atoms with E-state index in [-0.39, 0.29) is 5.82 Å². The van der Waals surface area contributed by atoms with Crippen molar-refractivity contribution < 1.29 is 9.13 Å². The zero-order valence-corrected chi connectivity index (χ0v) is 15.4. The molecular weight excluding hydrogens is 375 g/mol. The smallest absolute Gasteiger partial charge is 0.175 e. The van der Waals surface area contributed by atoms with Crippen LogP contribution < -0.4 is 15.4 Å². The highest BCUT2D eigenvalue weighted by Crippen LogP contribution is 2.19. The van der Waals surface area contributed by atoms with Crippen molar-refractivity contribution >= 4 is 40.3 Å². The maximum atomic E-state index is 13.1. The number of hydrogen-bond donors (Lipinski definition) is 2. The second-order valence-electron chi connectivity index (χ2n) is 5.47. The van der Waals surface area contributed by atoms with Crippen LogP contribution in [-0.4, -0.2) is 22.0 Å². The molecular formula is C18H16ClFN4OS. The first-order valence-electron chi connectivity index (χ1n) is 7.72. The first kappa shape index (κ1) is 18.2. The number of anilines is 2. The van der Waals surface area contributed by atoms with Gasteiger partial charge in [0.15, 0.2) is 5.11 Å². The predicted octanol–water partition coefficient (Wildman–Crippen LogP) is 4.54. The van der Waals surface area contributed by atoms with Crippen LogP contribution in [0.5, 0.6) is 5.75 Å². The number of rotatable bonds is 5. The van der Waals surface area contributed by atoms with Gasteiger partial charge in [0.25, 0.3) is 0 Å². The molecule has 0 amide bonds. The topological polar surface area (TPSA) is 51.1 Å². The summed E-state index contributed by atoms with van der Waals surface area (Å²) in [6, 6.07) is 11.7. The van der Waals surface area contributed by atoms with Crippen molar-refractivity contribution in [1.82, 2.24) is 9.78 Å². The van der Waals surface area contributed by atoms with E-state index < -0.39 is 0 Å². The number of nitrogens with zero attached hydrogens (tertiary/aromatic N) is 2. The van der Waals surface area contributed by atoms with Crippen LogP contribution in [0.3, 0.4) is 0 Å². The van der Waals surface area contributed by atoms with Crippen molar-refractivity contribution in [3.05, 3.63) is 71.3 Å². The van der Waals surface area contributed by atoms with Gasteiger partial charge in [0.05, 0.1) is 25.5 Å². The Morgan fingerprint density at radius 1 is 1.23 bits per heavy atom. The molecule has 0 radical (unpaired) electrons. The van der Waals surface area contributed by atoms with Gasteiger partial charge in [-0.2, -0.15) is 5.10 Å². The molecule has 0 aliphatic carbocycles. The number of thiocarbonyl (C=S) groups is 1. The number of halogens is 2. The fourth-order valence-electron chi connectivity index (χ4n) is 2.33. The molecule has 0 fully saturated rings. The molecule has 2 aromatic carbocycles. The first-order chi connectivity index (χ1) is 12.5. The highest BCUT2D eigenvalue weighted by atomic mass is 35.5. The number of nitrogens with one attached hydrogen (secondary N) is 2. The lowest BCUT2D eigenvalue weighted by Gasteiger charge is -2.10. The molecule has 134 valence electrons. The SMILES string of the molecule is COc1cccc(NC(=S)Nc2cnn(Cc3ccc(F)cc3Cl)c2)c1. The zero-order chi connectivity index (χ0) is 18.5. The quantitative estimate of drug-likeness (QED) is 0.626. The van der Waals surface area contributed by atoms with Gasteiger partial charge in [-0.3, -0.25) is 4.68 Å². The summed E-state index contributed by atoms with van der Waals surface area (Å²) in [6.45, 7) is 0.427. The van der Waals surface area contributed by atoms with E-state index in [4.69, 9.17) is 28.6 Å². The van der Waals surface area contributed by atoms with E-state index >= 15 is 0 Å². The van der Waals surface area contributed by atoms with Crippen molar-refractivity contribution in [3.8, 4) is 5.75 Å². The maximum absolute atomic E-state index is 13.1. The van der Waals surface area contributed by atoms with Crippen molar-refractivity contribution in [2.75, 3.05) is 17.7 Å². The third kappa shape index (κ3) is 4.71. The molecule has 8 heteroatoms. The summed E-state index contributed by atoms with van der Waals surface area (Å²) >= 11 is 11.4. The average Bonchev–Trinajstić information content (AvgIpc) is 3.04. The van der Waals surface area contributed by atoms with Crippen molar-refractivity contribution in [2.45, 2.75) is 6.54 Å². The van der Waals surface area contributed by atoms with Crippen molar-refractivity contribution in [3.63, 3.8) is 0 Å². The van der Waals surface area contributed by atoms with Gasteiger partial charge in [-0.15, -0.1) is 0 Å². The summed E-state index contributed by atoms with van der Waals surface area (Å²) in [4.78, 5) is 0. The molecule has 3 rings (SSSR count). The Kier molecular flexibility index (Phi) is 5.70. The minimum absolute atomic E-state index is 0.365. The summed E-state index contributed by atoms with van der Waals surface area (Å²) in [5, 5.41) is 11.2. The van der Waals surface area contributed by atoms with Crippen LogP contribution >= 0.6 is 23.8 Å². The Bertz CT molecular complexity index is 931. The highest BCUT2D eigenvalue weighted by molar-refractivity contribution is 7.80. The van der Waals surface area contributed by atoms with Crippen molar-refractivity contribution in [2.24, 2.45) is 0 Å². The Morgan fingerprint density at radius 3 is 2.81 bits per heavy atom. The molecule has 0 spiro atoms. The molecule has 0 aliphatic heterocycles. The third-order valence-electron chi connectivity index (χ3n) is 3.57. The van der Waals surface area contributed by atoms with Gasteiger partial charge in [0.1, 0.15) is 11.6 Å². The number of benzene rings is 2. The molecule has 0 bridgehead atoms. The zero-order valence-electron chi connectivity index (χ0n) is 13.9. The Labute approximate surface area is 160 Å². The maximum Gasteiger partial charge on any atom is 0.175 e. The second-order valence-corrected chi connectivity index (χ2v) is 6.29. The second kappa shape index (κ2) is 8.16. The largest absolute Gasteiger partial charge is 0.497 e. The fraction of sp³-hybridized carbons (Fsp3) is 0.111. The van der Waals surface area contributed by atoms with Gasteiger partial charge in [0.2, 0.25) is 0 Å². The van der Waals surface area contributed by atoms with E-state index in [1.807, 2.05) is 24.3 Å². The van der Waals surface area contributed by atoms with Gasteiger partial charge < -0.3 is 15.4 Å². The number of ether oxygens (including phenoxy) is 1. The standard InChI is InChI=1S/C18H16ClFN4OS/c1-25-16-4-2-3-14(8-16)22-18(26)23-15-9-21-24(11-15)10-12-5-6-13(20)7-17(12)19/h2-9,11H,10H2,1H3,(H2,22,23,26). The third-order valence-corrected chi connectivity index (χ3v) is 4.12. The lowest BCUT2D eigenvalue weighted by molar-refractivity contribution is 0.415. The first-order valence-corrected chi connectivity index (χ1v) is 8.50. The van der Waals surface area contributed by atoms with E-state index in [0.29, 0.717) is 16.7 Å². The average molecular weight is 391 g/mol.